The lowest BCUT2D eigenvalue weighted by Crippen LogP contribution is -2.29. The summed E-state index contributed by atoms with van der Waals surface area (Å²) in [5.41, 5.74) is 2.95. The third kappa shape index (κ3) is 6.38. The van der Waals surface area contributed by atoms with Crippen LogP contribution in [0.2, 0.25) is 0 Å². The highest BCUT2D eigenvalue weighted by atomic mass is 16.5. The lowest BCUT2D eigenvalue weighted by molar-refractivity contribution is 0.0979. The van der Waals surface area contributed by atoms with Gasteiger partial charge < -0.3 is 24.3 Å². The van der Waals surface area contributed by atoms with E-state index < -0.39 is 0 Å². The highest BCUT2D eigenvalue weighted by Gasteiger charge is 2.19. The monoisotopic (exact) mass is 458 g/mol. The Hall–Kier alpha value is -4.26. The highest BCUT2D eigenvalue weighted by Crippen LogP contribution is 2.21. The van der Waals surface area contributed by atoms with E-state index in [9.17, 15) is 4.79 Å². The minimum Gasteiger partial charge on any atom is -0.497 e. The van der Waals surface area contributed by atoms with Gasteiger partial charge in [-0.25, -0.2) is 4.98 Å². The van der Waals surface area contributed by atoms with E-state index in [4.69, 9.17) is 9.47 Å². The number of aromatic nitrogens is 2. The van der Waals surface area contributed by atoms with Crippen molar-refractivity contribution in [3.8, 4) is 11.5 Å². The molecule has 4 aromatic rings. The second kappa shape index (κ2) is 12.1. The molecule has 0 unspecified atom stereocenters. The minimum absolute atomic E-state index is 0.163. The lowest BCUT2D eigenvalue weighted by Gasteiger charge is -2.18. The van der Waals surface area contributed by atoms with Crippen molar-refractivity contribution in [1.29, 1.82) is 0 Å². The Morgan fingerprint density at radius 1 is 0.941 bits per heavy atom. The summed E-state index contributed by atoms with van der Waals surface area (Å²) >= 11 is 0. The Kier molecular flexibility index (Phi) is 8.68. The predicted octanol–water partition coefficient (Wildman–Crippen LogP) is 4.95. The second-order valence-corrected chi connectivity index (χ2v) is 7.41. The van der Waals surface area contributed by atoms with Gasteiger partial charge in [0.2, 0.25) is 0 Å². The fourth-order valence-electron chi connectivity index (χ4n) is 3.28. The molecule has 7 heteroatoms. The Morgan fingerprint density at radius 3 is 2.29 bits per heavy atom. The molecule has 0 aliphatic rings. The van der Waals surface area contributed by atoms with Gasteiger partial charge in [-0.05, 0) is 29.8 Å². The van der Waals surface area contributed by atoms with Crippen LogP contribution in [0.1, 0.15) is 16.2 Å². The van der Waals surface area contributed by atoms with Crippen LogP contribution in [0, 0.1) is 0 Å². The summed E-state index contributed by atoms with van der Waals surface area (Å²) in [6, 6.07) is 25.2. The maximum Gasteiger partial charge on any atom is 0.294 e. The van der Waals surface area contributed by atoms with Crippen molar-refractivity contribution in [2.24, 2.45) is 0 Å². The maximum atomic E-state index is 12.8. The molecule has 1 amide bonds. The molecule has 0 atom stereocenters. The molecule has 0 saturated carbocycles. The summed E-state index contributed by atoms with van der Waals surface area (Å²) in [6.45, 7) is 0.605. The van der Waals surface area contributed by atoms with Crippen molar-refractivity contribution in [1.82, 2.24) is 9.55 Å². The summed E-state index contributed by atoms with van der Waals surface area (Å²) in [4.78, 5) is 18.6. The van der Waals surface area contributed by atoms with Gasteiger partial charge in [0.15, 0.2) is 5.82 Å². The van der Waals surface area contributed by atoms with Crippen molar-refractivity contribution in [3.05, 3.63) is 103 Å². The van der Waals surface area contributed by atoms with E-state index in [2.05, 4.69) is 10.3 Å². The van der Waals surface area contributed by atoms with Gasteiger partial charge >= 0.3 is 0 Å². The second-order valence-electron chi connectivity index (χ2n) is 7.41. The molecule has 7 nitrogen and oxygen atoms in total. The number of ether oxygens (including phenoxy) is 2. The molecular weight excluding hydrogens is 428 g/mol. The molecule has 34 heavy (non-hydrogen) atoms. The third-order valence-corrected chi connectivity index (χ3v) is 5.21. The number of benzene rings is 3. The highest BCUT2D eigenvalue weighted by molar-refractivity contribution is 6.03. The van der Waals surface area contributed by atoms with Gasteiger partial charge in [0.05, 0.1) is 14.2 Å². The number of hydrogen-bond acceptors (Lipinski definition) is 5. The van der Waals surface area contributed by atoms with Crippen molar-refractivity contribution >= 4 is 17.3 Å². The molecule has 0 aliphatic heterocycles. The number of hydrogen-bond donors (Lipinski definition) is 1. The first-order valence-corrected chi connectivity index (χ1v) is 10.8. The van der Waals surface area contributed by atoms with E-state index in [1.807, 2.05) is 96.7 Å². The van der Waals surface area contributed by atoms with Gasteiger partial charge in [0.25, 0.3) is 5.91 Å². The number of methoxy groups -OCH3 is 2. The van der Waals surface area contributed by atoms with Crippen LogP contribution >= 0.6 is 0 Å². The van der Waals surface area contributed by atoms with Crippen molar-refractivity contribution < 1.29 is 14.3 Å². The number of imidazole rings is 1. The van der Waals surface area contributed by atoms with E-state index in [0.717, 1.165) is 22.7 Å². The van der Waals surface area contributed by atoms with Gasteiger partial charge in [-0.3, -0.25) is 4.79 Å². The van der Waals surface area contributed by atoms with Gasteiger partial charge in [0.1, 0.15) is 11.5 Å². The molecule has 1 N–H and O–H groups in total. The SMILES string of the molecule is CNc1cccc(OC)c1.COc1cccc(N(C)C(=O)c2nccn2Cc2ccccc2)c1. The van der Waals surface area contributed by atoms with E-state index in [1.54, 1.807) is 32.4 Å². The Bertz CT molecular complexity index is 1170. The number of anilines is 2. The van der Waals surface area contributed by atoms with Crippen LogP contribution in [-0.4, -0.2) is 43.8 Å². The number of rotatable bonds is 7. The van der Waals surface area contributed by atoms with E-state index >= 15 is 0 Å². The quantitative estimate of drug-likeness (QED) is 0.424. The van der Waals surface area contributed by atoms with Crippen LogP contribution in [-0.2, 0) is 6.54 Å². The molecule has 0 aliphatic carbocycles. The minimum atomic E-state index is -0.163. The van der Waals surface area contributed by atoms with Crippen LogP contribution < -0.4 is 19.7 Å². The van der Waals surface area contributed by atoms with Crippen LogP contribution in [0.4, 0.5) is 11.4 Å². The molecule has 3 aromatic carbocycles. The summed E-state index contributed by atoms with van der Waals surface area (Å²) < 4.78 is 12.1. The van der Waals surface area contributed by atoms with Crippen molar-refractivity contribution in [2.45, 2.75) is 6.54 Å². The normalized spacial score (nSPS) is 10.0. The molecule has 176 valence electrons. The molecule has 0 saturated heterocycles. The van der Waals surface area contributed by atoms with Gasteiger partial charge in [-0.15, -0.1) is 0 Å². The summed E-state index contributed by atoms with van der Waals surface area (Å²) in [7, 11) is 6.88. The maximum absolute atomic E-state index is 12.8. The fourth-order valence-corrected chi connectivity index (χ4v) is 3.28. The Labute approximate surface area is 200 Å². The van der Waals surface area contributed by atoms with E-state index in [1.165, 1.54) is 0 Å². The molecule has 0 bridgehead atoms. The van der Waals surface area contributed by atoms with Crippen LogP contribution in [0.5, 0.6) is 11.5 Å². The summed E-state index contributed by atoms with van der Waals surface area (Å²) in [5, 5.41) is 3.02. The summed E-state index contributed by atoms with van der Waals surface area (Å²) in [6.07, 6.45) is 3.47. The molecule has 0 fully saturated rings. The van der Waals surface area contributed by atoms with E-state index in [0.29, 0.717) is 18.1 Å². The summed E-state index contributed by atoms with van der Waals surface area (Å²) in [5.74, 6) is 1.83. The lowest BCUT2D eigenvalue weighted by atomic mass is 10.2. The van der Waals surface area contributed by atoms with Crippen molar-refractivity contribution in [2.75, 3.05) is 38.5 Å². The molecule has 1 aromatic heterocycles. The number of amides is 1. The van der Waals surface area contributed by atoms with E-state index in [-0.39, 0.29) is 5.91 Å². The average Bonchev–Trinajstić information content (AvgIpc) is 3.36. The largest absolute Gasteiger partial charge is 0.497 e. The van der Waals surface area contributed by atoms with Gasteiger partial charge in [-0.1, -0.05) is 42.5 Å². The van der Waals surface area contributed by atoms with Crippen molar-refractivity contribution in [3.63, 3.8) is 0 Å². The van der Waals surface area contributed by atoms with Gasteiger partial charge in [-0.2, -0.15) is 0 Å². The first kappa shape index (κ1) is 24.4. The molecule has 1 heterocycles. The topological polar surface area (TPSA) is 68.6 Å². The zero-order valence-electron chi connectivity index (χ0n) is 19.9. The third-order valence-electron chi connectivity index (χ3n) is 5.21. The van der Waals surface area contributed by atoms with Crippen LogP contribution in [0.15, 0.2) is 91.3 Å². The average molecular weight is 459 g/mol. The fraction of sp³-hybridized carbons (Fsp3) is 0.185. The number of carbonyl (C=O) groups excluding carboxylic acids is 1. The zero-order valence-corrected chi connectivity index (χ0v) is 19.9. The number of carbonyl (C=O) groups is 1. The van der Waals surface area contributed by atoms with Crippen LogP contribution in [0.3, 0.4) is 0 Å². The molecule has 4 rings (SSSR count). The Morgan fingerprint density at radius 2 is 1.62 bits per heavy atom. The standard InChI is InChI=1S/C19H19N3O2.C8H11NO/c1-21(16-9-6-10-17(13-16)24-2)19(23)18-20-11-12-22(18)14-15-7-4-3-5-8-15;1-9-7-4-3-5-8(6-7)10-2/h3-13H,14H2,1-2H3;3-6,9H,1-2H3. The van der Waals surface area contributed by atoms with Gasteiger partial charge in [0, 0.05) is 56.5 Å². The molecule has 0 radical (unpaired) electrons. The smallest absolute Gasteiger partial charge is 0.294 e. The Balaban J connectivity index is 0.000000271. The number of nitrogens with zero attached hydrogens (tertiary/aromatic N) is 3. The molecular formula is C27H30N4O3. The first-order chi connectivity index (χ1) is 16.5. The number of nitrogens with one attached hydrogen (secondary N) is 1. The zero-order chi connectivity index (χ0) is 24.3. The molecule has 0 spiro atoms. The first-order valence-electron chi connectivity index (χ1n) is 10.8. The van der Waals surface area contributed by atoms with Crippen LogP contribution in [0.25, 0.3) is 0 Å². The predicted molar refractivity (Wildman–Crippen MR) is 136 cm³/mol.